The van der Waals surface area contributed by atoms with Crippen molar-refractivity contribution in [3.63, 3.8) is 0 Å². The van der Waals surface area contributed by atoms with Crippen LogP contribution in [0.5, 0.6) is 0 Å². The molecule has 0 atom stereocenters. The molecular weight excluding hydrogens is 265 g/mol. The summed E-state index contributed by atoms with van der Waals surface area (Å²) < 4.78 is 13.3. The van der Waals surface area contributed by atoms with E-state index in [1.54, 1.807) is 0 Å². The van der Waals surface area contributed by atoms with Crippen molar-refractivity contribution in [2.75, 3.05) is 32.7 Å². The number of nitro benzene ring substituents is 1. The van der Waals surface area contributed by atoms with E-state index in [4.69, 9.17) is 0 Å². The Balaban J connectivity index is 2.21. The SMILES string of the molecule is CCN1CCN(C(=O)c2cc(F)ccc2[N+](=O)[O-])CC1. The molecule has 1 saturated heterocycles. The maximum absolute atomic E-state index is 13.3. The number of rotatable bonds is 3. The molecule has 0 aromatic heterocycles. The first kappa shape index (κ1) is 14.4. The van der Waals surface area contributed by atoms with Crippen LogP contribution in [0, 0.1) is 15.9 Å². The first-order valence-corrected chi connectivity index (χ1v) is 6.48. The third kappa shape index (κ3) is 2.93. The third-order valence-electron chi connectivity index (χ3n) is 3.49. The Hall–Kier alpha value is -2.02. The quantitative estimate of drug-likeness (QED) is 0.622. The number of carbonyl (C=O) groups is 1. The number of hydrogen-bond acceptors (Lipinski definition) is 4. The summed E-state index contributed by atoms with van der Waals surface area (Å²) in [6.07, 6.45) is 0. The summed E-state index contributed by atoms with van der Waals surface area (Å²) in [7, 11) is 0. The van der Waals surface area contributed by atoms with E-state index in [9.17, 15) is 19.3 Å². The van der Waals surface area contributed by atoms with E-state index in [1.165, 1.54) is 4.90 Å². The zero-order valence-electron chi connectivity index (χ0n) is 11.2. The van der Waals surface area contributed by atoms with Crippen molar-refractivity contribution in [2.24, 2.45) is 0 Å². The molecule has 1 aromatic rings. The van der Waals surface area contributed by atoms with Crippen LogP contribution in [-0.2, 0) is 0 Å². The Bertz CT molecular complexity index is 528. The molecule has 0 unspecified atom stereocenters. The molecule has 1 heterocycles. The highest BCUT2D eigenvalue weighted by Crippen LogP contribution is 2.21. The van der Waals surface area contributed by atoms with Gasteiger partial charge in [0, 0.05) is 32.2 Å². The van der Waals surface area contributed by atoms with Crippen molar-refractivity contribution < 1.29 is 14.1 Å². The summed E-state index contributed by atoms with van der Waals surface area (Å²) >= 11 is 0. The van der Waals surface area contributed by atoms with E-state index in [1.807, 2.05) is 6.92 Å². The number of benzene rings is 1. The molecule has 6 nitrogen and oxygen atoms in total. The highest BCUT2D eigenvalue weighted by atomic mass is 19.1. The van der Waals surface area contributed by atoms with E-state index in [2.05, 4.69) is 4.90 Å². The van der Waals surface area contributed by atoms with Crippen molar-refractivity contribution >= 4 is 11.6 Å². The molecule has 1 aromatic carbocycles. The summed E-state index contributed by atoms with van der Waals surface area (Å²) in [5, 5.41) is 10.9. The van der Waals surface area contributed by atoms with Crippen LogP contribution >= 0.6 is 0 Å². The Labute approximate surface area is 115 Å². The molecule has 0 bridgehead atoms. The Morgan fingerprint density at radius 2 is 2.00 bits per heavy atom. The van der Waals surface area contributed by atoms with Crippen molar-refractivity contribution in [2.45, 2.75) is 6.92 Å². The monoisotopic (exact) mass is 281 g/mol. The molecule has 108 valence electrons. The Kier molecular flexibility index (Phi) is 4.29. The molecule has 0 spiro atoms. The van der Waals surface area contributed by atoms with Gasteiger partial charge in [-0.25, -0.2) is 4.39 Å². The van der Waals surface area contributed by atoms with Gasteiger partial charge in [0.15, 0.2) is 0 Å². The first-order valence-electron chi connectivity index (χ1n) is 6.48. The standard InChI is InChI=1S/C13H16FN3O3/c1-2-15-5-7-16(8-6-15)13(18)11-9-10(14)3-4-12(11)17(19)20/h3-4,9H,2,5-8H2,1H3. The smallest absolute Gasteiger partial charge is 0.282 e. The van der Waals surface area contributed by atoms with Crippen LogP contribution in [0.1, 0.15) is 17.3 Å². The lowest BCUT2D eigenvalue weighted by Crippen LogP contribution is -2.48. The summed E-state index contributed by atoms with van der Waals surface area (Å²) in [6, 6.07) is 2.96. The fraction of sp³-hybridized carbons (Fsp3) is 0.462. The average molecular weight is 281 g/mol. The Morgan fingerprint density at radius 3 is 2.55 bits per heavy atom. The minimum absolute atomic E-state index is 0.181. The second-order valence-electron chi connectivity index (χ2n) is 4.65. The van der Waals surface area contributed by atoms with Crippen LogP contribution < -0.4 is 0 Å². The minimum atomic E-state index is -0.658. The molecule has 20 heavy (non-hydrogen) atoms. The van der Waals surface area contributed by atoms with Crippen LogP contribution in [-0.4, -0.2) is 53.4 Å². The third-order valence-corrected chi connectivity index (χ3v) is 3.49. The molecule has 0 saturated carbocycles. The van der Waals surface area contributed by atoms with Gasteiger partial charge in [-0.2, -0.15) is 0 Å². The minimum Gasteiger partial charge on any atom is -0.336 e. The average Bonchev–Trinajstić information content (AvgIpc) is 2.46. The van der Waals surface area contributed by atoms with Crippen molar-refractivity contribution in [3.05, 3.63) is 39.7 Å². The number of hydrogen-bond donors (Lipinski definition) is 0. The van der Waals surface area contributed by atoms with Gasteiger partial charge in [-0.3, -0.25) is 14.9 Å². The van der Waals surface area contributed by atoms with Gasteiger partial charge in [-0.05, 0) is 18.7 Å². The van der Waals surface area contributed by atoms with E-state index < -0.39 is 16.6 Å². The predicted molar refractivity (Wildman–Crippen MR) is 71.1 cm³/mol. The van der Waals surface area contributed by atoms with E-state index in [-0.39, 0.29) is 11.3 Å². The molecule has 1 aliphatic rings. The lowest BCUT2D eigenvalue weighted by molar-refractivity contribution is -0.385. The van der Waals surface area contributed by atoms with Crippen molar-refractivity contribution in [1.29, 1.82) is 0 Å². The highest BCUT2D eigenvalue weighted by molar-refractivity contribution is 5.98. The molecule has 2 rings (SSSR count). The number of halogens is 1. The van der Waals surface area contributed by atoms with Gasteiger partial charge in [0.2, 0.25) is 0 Å². The summed E-state index contributed by atoms with van der Waals surface area (Å²) in [5.41, 5.74) is -0.533. The molecule has 1 aliphatic heterocycles. The van der Waals surface area contributed by atoms with Gasteiger partial charge in [0.25, 0.3) is 11.6 Å². The molecule has 0 aliphatic carbocycles. The topological polar surface area (TPSA) is 66.7 Å². The zero-order valence-corrected chi connectivity index (χ0v) is 11.2. The molecule has 1 fully saturated rings. The van der Waals surface area contributed by atoms with Crippen LogP contribution in [0.3, 0.4) is 0 Å². The number of piperazine rings is 1. The second-order valence-corrected chi connectivity index (χ2v) is 4.65. The van der Waals surface area contributed by atoms with Crippen LogP contribution in [0.15, 0.2) is 18.2 Å². The van der Waals surface area contributed by atoms with Gasteiger partial charge in [0.1, 0.15) is 11.4 Å². The number of nitrogens with zero attached hydrogens (tertiary/aromatic N) is 3. The van der Waals surface area contributed by atoms with E-state index in [0.717, 1.165) is 37.8 Å². The number of amides is 1. The lowest BCUT2D eigenvalue weighted by Gasteiger charge is -2.33. The number of carbonyl (C=O) groups excluding carboxylic acids is 1. The first-order chi connectivity index (χ1) is 9.52. The van der Waals surface area contributed by atoms with Crippen LogP contribution in [0.4, 0.5) is 10.1 Å². The number of nitro groups is 1. The maximum Gasteiger partial charge on any atom is 0.282 e. The molecule has 0 N–H and O–H groups in total. The van der Waals surface area contributed by atoms with Gasteiger partial charge in [0.05, 0.1) is 4.92 Å². The summed E-state index contributed by atoms with van der Waals surface area (Å²) in [6.45, 7) is 5.40. The van der Waals surface area contributed by atoms with E-state index >= 15 is 0 Å². The largest absolute Gasteiger partial charge is 0.336 e. The van der Waals surface area contributed by atoms with E-state index in [0.29, 0.717) is 13.1 Å². The molecule has 1 amide bonds. The van der Waals surface area contributed by atoms with Crippen molar-refractivity contribution in [1.82, 2.24) is 9.80 Å². The fourth-order valence-corrected chi connectivity index (χ4v) is 2.28. The van der Waals surface area contributed by atoms with Crippen molar-refractivity contribution in [3.8, 4) is 0 Å². The fourth-order valence-electron chi connectivity index (χ4n) is 2.28. The van der Waals surface area contributed by atoms with Gasteiger partial charge in [-0.15, -0.1) is 0 Å². The number of likely N-dealkylation sites (N-methyl/N-ethyl adjacent to an activating group) is 1. The predicted octanol–water partition coefficient (Wildman–Crippen LogP) is 1.51. The zero-order chi connectivity index (χ0) is 14.7. The van der Waals surface area contributed by atoms with Gasteiger partial charge >= 0.3 is 0 Å². The highest BCUT2D eigenvalue weighted by Gasteiger charge is 2.27. The summed E-state index contributed by atoms with van der Waals surface area (Å²) in [5.74, 6) is -1.13. The normalized spacial score (nSPS) is 16.2. The summed E-state index contributed by atoms with van der Waals surface area (Å²) in [4.78, 5) is 26.3. The Morgan fingerprint density at radius 1 is 1.35 bits per heavy atom. The second kappa shape index (κ2) is 5.96. The van der Waals surface area contributed by atoms with Gasteiger partial charge < -0.3 is 9.80 Å². The molecule has 0 radical (unpaired) electrons. The van der Waals surface area contributed by atoms with Crippen LogP contribution in [0.25, 0.3) is 0 Å². The maximum atomic E-state index is 13.3. The molecular formula is C13H16FN3O3. The van der Waals surface area contributed by atoms with Crippen LogP contribution in [0.2, 0.25) is 0 Å². The lowest BCUT2D eigenvalue weighted by atomic mass is 10.1. The molecule has 7 heteroatoms. The van der Waals surface area contributed by atoms with Gasteiger partial charge in [-0.1, -0.05) is 6.92 Å².